The predicted molar refractivity (Wildman–Crippen MR) is 140 cm³/mol. The van der Waals surface area contributed by atoms with Gasteiger partial charge < -0.3 is 18.8 Å². The van der Waals surface area contributed by atoms with E-state index in [2.05, 4.69) is 71.3 Å². The second-order valence-corrected chi connectivity index (χ2v) is 11.0. The highest BCUT2D eigenvalue weighted by Gasteiger charge is 2.44. The molecule has 1 aromatic heterocycles. The smallest absolute Gasteiger partial charge is 0.163 e. The molecule has 1 atom stereocenters. The standard InChI is InChI=1S/C30H16NO3P/c1-3-9-19-17(7-1)18-8-2-4-10-20(18)31(19)21-15-16-26-30-27(21)34-25-14-6-13-24-29(25)35(30)28-22(32-24)11-5-12-23(28)33-26/h1-16H. The third-order valence-electron chi connectivity index (χ3n) is 7.14. The lowest BCUT2D eigenvalue weighted by molar-refractivity contribution is 0.445. The van der Waals surface area contributed by atoms with E-state index in [1.54, 1.807) is 0 Å². The molecule has 0 fully saturated rings. The van der Waals surface area contributed by atoms with Crippen LogP contribution in [0.2, 0.25) is 0 Å². The lowest BCUT2D eigenvalue weighted by Crippen LogP contribution is -2.36. The molecule has 0 bridgehead atoms. The molecule has 0 saturated heterocycles. The number of ether oxygens (including phenoxy) is 3. The van der Waals surface area contributed by atoms with E-state index in [9.17, 15) is 0 Å². The number of aromatic nitrogens is 1. The zero-order valence-electron chi connectivity index (χ0n) is 18.4. The Morgan fingerprint density at radius 1 is 0.457 bits per heavy atom. The lowest BCUT2D eigenvalue weighted by atomic mass is 10.2. The van der Waals surface area contributed by atoms with Gasteiger partial charge in [0.05, 0.1) is 32.6 Å². The molecule has 5 aromatic carbocycles. The fourth-order valence-corrected chi connectivity index (χ4v) is 8.49. The van der Waals surface area contributed by atoms with Crippen molar-refractivity contribution < 1.29 is 14.2 Å². The second kappa shape index (κ2) is 6.24. The maximum atomic E-state index is 6.74. The summed E-state index contributed by atoms with van der Waals surface area (Å²) in [5.74, 6) is 5.22. The molecule has 0 amide bonds. The van der Waals surface area contributed by atoms with Crippen LogP contribution in [0.5, 0.6) is 34.5 Å². The number of para-hydroxylation sites is 2. The van der Waals surface area contributed by atoms with E-state index in [1.165, 1.54) is 10.8 Å². The summed E-state index contributed by atoms with van der Waals surface area (Å²) in [7, 11) is -0.870. The SMILES string of the molecule is c1cc2c3c(c1)Oc1ccc(-n4c5ccccc5c5ccccc54)c4c1P3c1c(cccc1O4)O2. The van der Waals surface area contributed by atoms with Crippen LogP contribution >= 0.6 is 7.92 Å². The largest absolute Gasteiger partial charge is 0.456 e. The van der Waals surface area contributed by atoms with Crippen molar-refractivity contribution in [2.75, 3.05) is 0 Å². The maximum absolute atomic E-state index is 6.74. The molecule has 4 nitrogen and oxygen atoms in total. The number of hydrogen-bond acceptors (Lipinski definition) is 3. The van der Waals surface area contributed by atoms with Crippen LogP contribution in [0.4, 0.5) is 0 Å². The van der Waals surface area contributed by atoms with Crippen LogP contribution in [-0.4, -0.2) is 4.57 Å². The van der Waals surface area contributed by atoms with Gasteiger partial charge in [-0.1, -0.05) is 48.5 Å². The zero-order valence-corrected chi connectivity index (χ0v) is 19.3. The molecule has 3 aliphatic heterocycles. The van der Waals surface area contributed by atoms with Gasteiger partial charge in [0, 0.05) is 18.7 Å². The first-order chi connectivity index (χ1) is 17.4. The van der Waals surface area contributed by atoms with Gasteiger partial charge in [-0.05, 0) is 48.5 Å². The van der Waals surface area contributed by atoms with E-state index in [0.717, 1.165) is 67.1 Å². The van der Waals surface area contributed by atoms with Crippen molar-refractivity contribution in [3.8, 4) is 40.2 Å². The summed E-state index contributed by atoms with van der Waals surface area (Å²) in [4.78, 5) is 0. The Balaban J connectivity index is 1.42. The number of hydrogen-bond donors (Lipinski definition) is 0. The molecule has 164 valence electrons. The first-order valence-corrected chi connectivity index (χ1v) is 13.0. The summed E-state index contributed by atoms with van der Waals surface area (Å²) in [5, 5.41) is 5.86. The quantitative estimate of drug-likeness (QED) is 0.246. The third kappa shape index (κ3) is 2.17. The zero-order chi connectivity index (χ0) is 22.7. The minimum absolute atomic E-state index is 0.864. The van der Waals surface area contributed by atoms with Crippen LogP contribution < -0.4 is 30.1 Å². The van der Waals surface area contributed by atoms with Crippen molar-refractivity contribution in [3.63, 3.8) is 0 Å². The maximum Gasteiger partial charge on any atom is 0.163 e. The molecular formula is C30H16NO3P. The molecule has 3 aliphatic rings. The highest BCUT2D eigenvalue weighted by Crippen LogP contribution is 2.59. The molecule has 0 saturated carbocycles. The monoisotopic (exact) mass is 469 g/mol. The Labute approximate surface area is 201 Å². The van der Waals surface area contributed by atoms with Crippen molar-refractivity contribution in [1.82, 2.24) is 4.57 Å². The average Bonchev–Trinajstić information content (AvgIpc) is 3.23. The minimum atomic E-state index is -0.870. The van der Waals surface area contributed by atoms with Gasteiger partial charge >= 0.3 is 0 Å². The van der Waals surface area contributed by atoms with E-state index >= 15 is 0 Å². The molecular weight excluding hydrogens is 453 g/mol. The van der Waals surface area contributed by atoms with Gasteiger partial charge in [0.1, 0.15) is 28.7 Å². The van der Waals surface area contributed by atoms with Crippen LogP contribution in [0.1, 0.15) is 0 Å². The molecule has 6 aromatic rings. The fraction of sp³-hybridized carbons (Fsp3) is 0. The summed E-state index contributed by atoms with van der Waals surface area (Å²) in [5.41, 5.74) is 3.34. The van der Waals surface area contributed by atoms with Crippen molar-refractivity contribution in [2.45, 2.75) is 0 Å². The number of fused-ring (bicyclic) bond motifs is 3. The molecule has 1 unspecified atom stereocenters. The normalized spacial score (nSPS) is 15.8. The van der Waals surface area contributed by atoms with Gasteiger partial charge in [0.15, 0.2) is 5.75 Å². The molecule has 9 rings (SSSR count). The first-order valence-electron chi connectivity index (χ1n) is 11.6. The Hall–Kier alpha value is -4.27. The van der Waals surface area contributed by atoms with E-state index in [1.807, 2.05) is 30.3 Å². The van der Waals surface area contributed by atoms with Crippen molar-refractivity contribution >= 4 is 45.6 Å². The van der Waals surface area contributed by atoms with Gasteiger partial charge in [-0.15, -0.1) is 0 Å². The minimum Gasteiger partial charge on any atom is -0.456 e. The number of rotatable bonds is 1. The summed E-state index contributed by atoms with van der Waals surface area (Å²) in [6, 6.07) is 33.5. The van der Waals surface area contributed by atoms with E-state index < -0.39 is 7.92 Å². The summed E-state index contributed by atoms with van der Waals surface area (Å²) < 4.78 is 21.8. The third-order valence-corrected chi connectivity index (χ3v) is 9.79. The second-order valence-electron chi connectivity index (χ2n) is 8.98. The van der Waals surface area contributed by atoms with Crippen LogP contribution in [-0.2, 0) is 0 Å². The van der Waals surface area contributed by atoms with E-state index in [-0.39, 0.29) is 0 Å². The van der Waals surface area contributed by atoms with Crippen LogP contribution in [0.25, 0.3) is 27.5 Å². The number of nitrogens with zero attached hydrogens (tertiary/aromatic N) is 1. The topological polar surface area (TPSA) is 32.6 Å². The van der Waals surface area contributed by atoms with Crippen molar-refractivity contribution in [1.29, 1.82) is 0 Å². The van der Waals surface area contributed by atoms with Crippen molar-refractivity contribution in [3.05, 3.63) is 97.1 Å². The van der Waals surface area contributed by atoms with Gasteiger partial charge in [-0.2, -0.15) is 0 Å². The fourth-order valence-electron chi connectivity index (χ4n) is 5.75. The predicted octanol–water partition coefficient (Wildman–Crippen LogP) is 6.86. The van der Waals surface area contributed by atoms with Gasteiger partial charge in [-0.25, -0.2) is 0 Å². The number of benzene rings is 5. The van der Waals surface area contributed by atoms with Crippen LogP contribution in [0, 0.1) is 0 Å². The molecule has 0 aliphatic carbocycles. The lowest BCUT2D eigenvalue weighted by Gasteiger charge is -2.39. The summed E-state index contributed by atoms with van der Waals surface area (Å²) in [6.45, 7) is 0. The average molecular weight is 469 g/mol. The van der Waals surface area contributed by atoms with E-state index in [0.29, 0.717) is 0 Å². The first kappa shape index (κ1) is 18.1. The summed E-state index contributed by atoms with van der Waals surface area (Å²) >= 11 is 0. The van der Waals surface area contributed by atoms with Crippen molar-refractivity contribution in [2.24, 2.45) is 0 Å². The molecule has 4 heterocycles. The molecule has 5 heteroatoms. The Bertz CT molecular complexity index is 1820. The Kier molecular flexibility index (Phi) is 3.23. The van der Waals surface area contributed by atoms with E-state index in [4.69, 9.17) is 14.2 Å². The van der Waals surface area contributed by atoms with Gasteiger partial charge in [-0.3, -0.25) is 0 Å². The molecule has 35 heavy (non-hydrogen) atoms. The summed E-state index contributed by atoms with van der Waals surface area (Å²) in [6.07, 6.45) is 0. The van der Waals surface area contributed by atoms with Gasteiger partial charge in [0.25, 0.3) is 0 Å². The Morgan fingerprint density at radius 2 is 0.971 bits per heavy atom. The molecule has 0 N–H and O–H groups in total. The van der Waals surface area contributed by atoms with Crippen LogP contribution in [0.3, 0.4) is 0 Å². The molecule has 0 spiro atoms. The highest BCUT2D eigenvalue weighted by atomic mass is 31.1. The van der Waals surface area contributed by atoms with Crippen LogP contribution in [0.15, 0.2) is 97.1 Å². The Morgan fingerprint density at radius 3 is 1.57 bits per heavy atom. The highest BCUT2D eigenvalue weighted by molar-refractivity contribution is 7.81. The molecule has 0 radical (unpaired) electrons. The van der Waals surface area contributed by atoms with Gasteiger partial charge in [0.2, 0.25) is 0 Å².